The molecular weight excluding hydrogens is 326 g/mol. The molecular formula is C18H19NO6. The molecule has 25 heavy (non-hydrogen) atoms. The smallest absolute Gasteiger partial charge is 0.306 e. The van der Waals surface area contributed by atoms with Gasteiger partial charge in [0.1, 0.15) is 0 Å². The molecule has 7 heteroatoms. The van der Waals surface area contributed by atoms with Gasteiger partial charge in [-0.15, -0.1) is 0 Å². The number of nitrogens with one attached hydrogen (secondary N) is 1. The predicted molar refractivity (Wildman–Crippen MR) is 88.6 cm³/mol. The summed E-state index contributed by atoms with van der Waals surface area (Å²) in [4.78, 5) is 35.6. The van der Waals surface area contributed by atoms with Crippen molar-refractivity contribution >= 4 is 23.3 Å². The van der Waals surface area contributed by atoms with E-state index in [4.69, 9.17) is 14.2 Å². The van der Waals surface area contributed by atoms with Crippen LogP contribution in [0.5, 0.6) is 11.5 Å². The van der Waals surface area contributed by atoms with Gasteiger partial charge in [-0.3, -0.25) is 14.4 Å². The summed E-state index contributed by atoms with van der Waals surface area (Å²) in [5.41, 5.74) is 0.608. The van der Waals surface area contributed by atoms with E-state index in [1.165, 1.54) is 19.1 Å². The number of Topliss-reactive ketones (excluding diaryl/α,β-unsaturated/α-hetero) is 1. The van der Waals surface area contributed by atoms with Crippen LogP contribution in [0, 0.1) is 5.92 Å². The van der Waals surface area contributed by atoms with Gasteiger partial charge in [0, 0.05) is 11.6 Å². The van der Waals surface area contributed by atoms with Crippen LogP contribution in [-0.2, 0) is 14.3 Å². The molecule has 0 radical (unpaired) electrons. The number of ketones is 1. The second kappa shape index (κ2) is 7.38. The van der Waals surface area contributed by atoms with Crippen molar-refractivity contribution in [1.29, 1.82) is 0 Å². The van der Waals surface area contributed by atoms with Gasteiger partial charge >= 0.3 is 5.97 Å². The minimum Gasteiger partial charge on any atom is -0.456 e. The number of carbonyl (C=O) groups is 3. The molecule has 0 bridgehead atoms. The summed E-state index contributed by atoms with van der Waals surface area (Å²) in [5, 5.41) is 2.58. The summed E-state index contributed by atoms with van der Waals surface area (Å²) in [7, 11) is 0. The monoisotopic (exact) mass is 345 g/mol. The summed E-state index contributed by atoms with van der Waals surface area (Å²) < 4.78 is 15.5. The Bertz CT molecular complexity index is 739. The van der Waals surface area contributed by atoms with Crippen LogP contribution in [0.15, 0.2) is 24.3 Å². The molecule has 7 nitrogen and oxygen atoms in total. The first-order valence-electron chi connectivity index (χ1n) is 8.09. The number of esters is 1. The van der Waals surface area contributed by atoms with Gasteiger partial charge < -0.3 is 19.5 Å². The third-order valence-electron chi connectivity index (χ3n) is 4.07. The molecule has 0 fully saturated rings. The number of hydrogen-bond donors (Lipinski definition) is 1. The fourth-order valence-electron chi connectivity index (χ4n) is 2.81. The molecule has 0 saturated heterocycles. The molecule has 1 heterocycles. The van der Waals surface area contributed by atoms with Gasteiger partial charge in [-0.1, -0.05) is 12.2 Å². The Labute approximate surface area is 144 Å². The Morgan fingerprint density at radius 2 is 2.00 bits per heavy atom. The van der Waals surface area contributed by atoms with Crippen molar-refractivity contribution < 1.29 is 28.6 Å². The summed E-state index contributed by atoms with van der Waals surface area (Å²) in [6.07, 6.45) is 6.20. The van der Waals surface area contributed by atoms with Gasteiger partial charge in [0.2, 0.25) is 6.79 Å². The van der Waals surface area contributed by atoms with E-state index in [0.29, 0.717) is 22.7 Å². The minimum atomic E-state index is -0.517. The van der Waals surface area contributed by atoms with Gasteiger partial charge in [0.25, 0.3) is 5.91 Å². The number of carbonyl (C=O) groups excluding carboxylic acids is 3. The molecule has 1 N–H and O–H groups in total. The maximum absolute atomic E-state index is 12.0. The van der Waals surface area contributed by atoms with Crippen LogP contribution in [0.2, 0.25) is 0 Å². The van der Waals surface area contributed by atoms with Crippen molar-refractivity contribution in [2.45, 2.75) is 26.2 Å². The number of fused-ring (bicyclic) bond motifs is 1. The third kappa shape index (κ3) is 4.17. The number of rotatable bonds is 6. The van der Waals surface area contributed by atoms with Gasteiger partial charge in [-0.2, -0.15) is 0 Å². The van der Waals surface area contributed by atoms with E-state index in [-0.39, 0.29) is 24.9 Å². The first-order valence-corrected chi connectivity index (χ1v) is 8.09. The highest BCUT2D eigenvalue weighted by atomic mass is 16.7. The van der Waals surface area contributed by atoms with Crippen molar-refractivity contribution in [3.05, 3.63) is 29.8 Å². The van der Waals surface area contributed by atoms with Crippen molar-refractivity contribution in [3.63, 3.8) is 0 Å². The first kappa shape index (κ1) is 17.0. The summed E-state index contributed by atoms with van der Waals surface area (Å²) in [5.74, 6) is -0.0576. The van der Waals surface area contributed by atoms with Crippen molar-refractivity contribution in [3.8, 4) is 11.5 Å². The van der Waals surface area contributed by atoms with E-state index >= 15 is 0 Å². The number of ether oxygens (including phenoxy) is 3. The Morgan fingerprint density at radius 3 is 2.68 bits per heavy atom. The van der Waals surface area contributed by atoms with Gasteiger partial charge in [-0.05, 0) is 31.7 Å². The molecule has 3 rings (SSSR count). The van der Waals surface area contributed by atoms with Gasteiger partial charge in [0.05, 0.1) is 12.1 Å². The van der Waals surface area contributed by atoms with Crippen molar-refractivity contribution in [1.82, 2.24) is 0 Å². The number of benzene rings is 1. The quantitative estimate of drug-likeness (QED) is 0.484. The second-order valence-electron chi connectivity index (χ2n) is 5.99. The van der Waals surface area contributed by atoms with Crippen LogP contribution >= 0.6 is 0 Å². The third-order valence-corrected chi connectivity index (χ3v) is 4.07. The molecule has 1 aliphatic carbocycles. The van der Waals surface area contributed by atoms with Crippen LogP contribution in [0.4, 0.5) is 5.69 Å². The number of hydrogen-bond acceptors (Lipinski definition) is 6. The van der Waals surface area contributed by atoms with Crippen LogP contribution < -0.4 is 14.8 Å². The zero-order valence-corrected chi connectivity index (χ0v) is 13.9. The molecule has 132 valence electrons. The van der Waals surface area contributed by atoms with Crippen molar-refractivity contribution in [2.24, 2.45) is 5.92 Å². The molecule has 1 aliphatic heterocycles. The van der Waals surface area contributed by atoms with Crippen LogP contribution in [0.3, 0.4) is 0 Å². The van der Waals surface area contributed by atoms with E-state index in [2.05, 4.69) is 5.32 Å². The Hall–Kier alpha value is -2.83. The van der Waals surface area contributed by atoms with Crippen molar-refractivity contribution in [2.75, 3.05) is 18.7 Å². The predicted octanol–water partition coefficient (Wildman–Crippen LogP) is 2.46. The number of anilines is 1. The molecule has 1 amide bonds. The highest BCUT2D eigenvalue weighted by Gasteiger charge is 2.21. The van der Waals surface area contributed by atoms with E-state index in [1.807, 2.05) is 12.2 Å². The maximum atomic E-state index is 12.0. The second-order valence-corrected chi connectivity index (χ2v) is 5.99. The average molecular weight is 345 g/mol. The van der Waals surface area contributed by atoms with Crippen LogP contribution in [-0.4, -0.2) is 31.1 Å². The molecule has 1 aromatic carbocycles. The standard InChI is InChI=1S/C18H19NO6/c1-11(20)13-7-15-16(25-10-24-15)8-14(13)19-17(21)9-23-18(22)6-12-4-2-3-5-12/h2,4,7-8,12H,3,5-6,9-10H2,1H3,(H,19,21)/t12-/m0/s1. The van der Waals surface area contributed by atoms with Crippen LogP contribution in [0.25, 0.3) is 0 Å². The maximum Gasteiger partial charge on any atom is 0.306 e. The zero-order valence-electron chi connectivity index (χ0n) is 13.9. The molecule has 0 aromatic heterocycles. The molecule has 1 atom stereocenters. The summed E-state index contributed by atoms with van der Waals surface area (Å²) in [6.45, 7) is 1.06. The Balaban J connectivity index is 1.58. The molecule has 0 spiro atoms. The highest BCUT2D eigenvalue weighted by Crippen LogP contribution is 2.37. The van der Waals surface area contributed by atoms with Crippen LogP contribution in [0.1, 0.15) is 36.5 Å². The molecule has 0 unspecified atom stereocenters. The fourth-order valence-corrected chi connectivity index (χ4v) is 2.81. The normalized spacial score (nSPS) is 17.4. The lowest BCUT2D eigenvalue weighted by Gasteiger charge is -2.11. The van der Waals surface area contributed by atoms with Gasteiger partial charge in [0.15, 0.2) is 23.9 Å². The lowest BCUT2D eigenvalue weighted by Crippen LogP contribution is -2.22. The number of amides is 1. The minimum absolute atomic E-state index is 0.0668. The Kier molecular flexibility index (Phi) is 5.02. The highest BCUT2D eigenvalue weighted by molar-refractivity contribution is 6.05. The SMILES string of the molecule is CC(=O)c1cc2c(cc1NC(=O)COC(=O)C[C@H]1C=CCC1)OCO2. The van der Waals surface area contributed by atoms with Gasteiger partial charge in [-0.25, -0.2) is 0 Å². The van der Waals surface area contributed by atoms with E-state index in [1.54, 1.807) is 0 Å². The Morgan fingerprint density at radius 1 is 1.24 bits per heavy atom. The number of allylic oxidation sites excluding steroid dienone is 2. The molecule has 0 saturated carbocycles. The van der Waals surface area contributed by atoms with E-state index in [9.17, 15) is 14.4 Å². The lowest BCUT2D eigenvalue weighted by molar-refractivity contribution is -0.147. The zero-order chi connectivity index (χ0) is 17.8. The fraction of sp³-hybridized carbons (Fsp3) is 0.389. The topological polar surface area (TPSA) is 90.9 Å². The summed E-state index contributed by atoms with van der Waals surface area (Å²) >= 11 is 0. The van der Waals surface area contributed by atoms with E-state index < -0.39 is 18.5 Å². The molecule has 1 aromatic rings. The summed E-state index contributed by atoms with van der Waals surface area (Å²) in [6, 6.07) is 3.06. The first-order chi connectivity index (χ1) is 12.0. The van der Waals surface area contributed by atoms with E-state index in [0.717, 1.165) is 12.8 Å². The average Bonchev–Trinajstić information content (AvgIpc) is 3.23. The largest absolute Gasteiger partial charge is 0.456 e. The molecule has 2 aliphatic rings. The lowest BCUT2D eigenvalue weighted by atomic mass is 10.1.